The van der Waals surface area contributed by atoms with Crippen LogP contribution in [0.1, 0.15) is 0 Å². The summed E-state index contributed by atoms with van der Waals surface area (Å²) in [4.78, 5) is 0. The molecule has 0 heterocycles. The fraction of sp³-hybridized carbons (Fsp3) is 1.00. The molecule has 3 N–H and O–H groups in total. The number of aliphatic hydroxyl groups is 3. The van der Waals surface area contributed by atoms with E-state index in [0.717, 1.165) is 0 Å². The fourth-order valence-electron chi connectivity index (χ4n) is 0.0577. The molecule has 0 saturated carbocycles. The molecule has 0 spiro atoms. The van der Waals surface area contributed by atoms with Crippen molar-refractivity contribution in [1.29, 1.82) is 0 Å². The summed E-state index contributed by atoms with van der Waals surface area (Å²) in [5, 5.41) is 24.0. The average Bonchev–Trinajstić information content (AvgIpc) is 1.65. The Morgan fingerprint density at radius 1 is 1.14 bits per heavy atom. The van der Waals surface area contributed by atoms with E-state index in [1.807, 2.05) is 0 Å². The quantitative estimate of drug-likeness (QED) is 0.454. The minimum Gasteiger partial charge on any atom is -0.394 e. The number of rotatable bonds is 2. The van der Waals surface area contributed by atoms with E-state index in [1.54, 1.807) is 0 Å². The van der Waals surface area contributed by atoms with Crippen LogP contribution in [0.5, 0.6) is 0 Å². The van der Waals surface area contributed by atoms with Crippen molar-refractivity contribution in [2.24, 2.45) is 0 Å². The standard InChI is InChI=1S/C3H8O3.Mo/c4-1-3(6)2-5;/h3-6H,1-2H2;. The van der Waals surface area contributed by atoms with Gasteiger partial charge in [-0.05, 0) is 0 Å². The minimum absolute atomic E-state index is 0. The second-order valence-corrected chi connectivity index (χ2v) is 1.02. The third-order valence-electron chi connectivity index (χ3n) is 0.421. The van der Waals surface area contributed by atoms with Crippen molar-refractivity contribution in [3.05, 3.63) is 0 Å². The van der Waals surface area contributed by atoms with E-state index in [4.69, 9.17) is 15.3 Å². The first-order chi connectivity index (χ1) is 2.81. The molecule has 44 valence electrons. The van der Waals surface area contributed by atoms with Crippen LogP contribution in [0.3, 0.4) is 0 Å². The Balaban J connectivity index is 0. The Morgan fingerprint density at radius 2 is 1.43 bits per heavy atom. The van der Waals surface area contributed by atoms with Crippen LogP contribution in [0.2, 0.25) is 0 Å². The molecule has 0 aliphatic carbocycles. The summed E-state index contributed by atoms with van der Waals surface area (Å²) in [5.74, 6) is 0. The van der Waals surface area contributed by atoms with Crippen LogP contribution < -0.4 is 0 Å². The van der Waals surface area contributed by atoms with Gasteiger partial charge in [0, 0.05) is 21.1 Å². The van der Waals surface area contributed by atoms with Gasteiger partial charge in [-0.1, -0.05) is 0 Å². The Bertz CT molecular complexity index is 29.4. The van der Waals surface area contributed by atoms with Gasteiger partial charge >= 0.3 is 0 Å². The first-order valence-electron chi connectivity index (χ1n) is 1.71. The molecule has 0 radical (unpaired) electrons. The van der Waals surface area contributed by atoms with Crippen molar-refractivity contribution in [1.82, 2.24) is 0 Å². The number of hydrogen-bond donors (Lipinski definition) is 3. The van der Waals surface area contributed by atoms with Gasteiger partial charge in [-0.2, -0.15) is 0 Å². The van der Waals surface area contributed by atoms with E-state index in [0.29, 0.717) is 0 Å². The predicted molar refractivity (Wildman–Crippen MR) is 20.2 cm³/mol. The van der Waals surface area contributed by atoms with Crippen LogP contribution in [0.25, 0.3) is 0 Å². The van der Waals surface area contributed by atoms with E-state index in [1.165, 1.54) is 0 Å². The number of aliphatic hydroxyl groups excluding tert-OH is 3. The average molecular weight is 188 g/mol. The SMILES string of the molecule is OCC(O)CO.[Mo]. The van der Waals surface area contributed by atoms with Crippen LogP contribution in [-0.4, -0.2) is 34.6 Å². The molecule has 0 unspecified atom stereocenters. The first-order valence-corrected chi connectivity index (χ1v) is 1.71. The van der Waals surface area contributed by atoms with Gasteiger partial charge in [0.05, 0.1) is 13.2 Å². The molecule has 7 heavy (non-hydrogen) atoms. The van der Waals surface area contributed by atoms with E-state index in [9.17, 15) is 0 Å². The molecular weight excluding hydrogens is 180 g/mol. The van der Waals surface area contributed by atoms with Gasteiger partial charge < -0.3 is 15.3 Å². The Kier molecular flexibility index (Phi) is 9.88. The van der Waals surface area contributed by atoms with Gasteiger partial charge in [0.2, 0.25) is 0 Å². The second-order valence-electron chi connectivity index (χ2n) is 1.02. The van der Waals surface area contributed by atoms with Crippen molar-refractivity contribution in [2.75, 3.05) is 13.2 Å². The van der Waals surface area contributed by atoms with Crippen molar-refractivity contribution in [3.63, 3.8) is 0 Å². The van der Waals surface area contributed by atoms with Gasteiger partial charge in [0.25, 0.3) is 0 Å². The van der Waals surface area contributed by atoms with E-state index >= 15 is 0 Å². The predicted octanol–water partition coefficient (Wildman–Crippen LogP) is -1.67. The van der Waals surface area contributed by atoms with Gasteiger partial charge in [-0.25, -0.2) is 0 Å². The number of hydrogen-bond acceptors (Lipinski definition) is 3. The molecule has 3 nitrogen and oxygen atoms in total. The Labute approximate surface area is 56.2 Å². The molecule has 0 fully saturated rings. The van der Waals surface area contributed by atoms with Gasteiger partial charge in [-0.3, -0.25) is 0 Å². The van der Waals surface area contributed by atoms with Crippen molar-refractivity contribution < 1.29 is 36.4 Å². The smallest absolute Gasteiger partial charge is 0.100 e. The van der Waals surface area contributed by atoms with Crippen LogP contribution in [0, 0.1) is 0 Å². The normalized spacial score (nSPS) is 8.57. The second kappa shape index (κ2) is 6.57. The van der Waals surface area contributed by atoms with Crippen LogP contribution >= 0.6 is 0 Å². The van der Waals surface area contributed by atoms with E-state index in [2.05, 4.69) is 0 Å². The fourth-order valence-corrected chi connectivity index (χ4v) is 0.0577. The van der Waals surface area contributed by atoms with Gasteiger partial charge in [0.15, 0.2) is 0 Å². The third-order valence-corrected chi connectivity index (χ3v) is 0.421. The van der Waals surface area contributed by atoms with E-state index < -0.39 is 6.10 Å². The zero-order valence-electron chi connectivity index (χ0n) is 3.74. The van der Waals surface area contributed by atoms with Crippen molar-refractivity contribution in [3.8, 4) is 0 Å². The monoisotopic (exact) mass is 190 g/mol. The van der Waals surface area contributed by atoms with Crippen LogP contribution in [0.4, 0.5) is 0 Å². The van der Waals surface area contributed by atoms with Crippen molar-refractivity contribution >= 4 is 0 Å². The Morgan fingerprint density at radius 3 is 1.43 bits per heavy atom. The largest absolute Gasteiger partial charge is 0.394 e. The molecule has 0 aromatic rings. The molecule has 0 aliphatic heterocycles. The Hall–Kier alpha value is 0.568. The summed E-state index contributed by atoms with van der Waals surface area (Å²) in [7, 11) is 0. The maximum Gasteiger partial charge on any atom is 0.100 e. The van der Waals surface area contributed by atoms with E-state index in [-0.39, 0.29) is 34.3 Å². The molecule has 0 aromatic carbocycles. The summed E-state index contributed by atoms with van der Waals surface area (Å²) >= 11 is 0. The summed E-state index contributed by atoms with van der Waals surface area (Å²) in [5.41, 5.74) is 0. The van der Waals surface area contributed by atoms with Crippen LogP contribution in [-0.2, 0) is 21.1 Å². The molecule has 4 heteroatoms. The molecule has 0 saturated heterocycles. The maximum absolute atomic E-state index is 8.17. The summed E-state index contributed by atoms with van der Waals surface area (Å²) in [6.45, 7) is -0.729. The molecule has 0 amide bonds. The zero-order valence-corrected chi connectivity index (χ0v) is 5.75. The van der Waals surface area contributed by atoms with Gasteiger partial charge in [-0.15, -0.1) is 0 Å². The zero-order chi connectivity index (χ0) is 4.99. The molecular formula is C3H8MoO3. The van der Waals surface area contributed by atoms with Crippen molar-refractivity contribution in [2.45, 2.75) is 6.10 Å². The molecule has 0 aromatic heterocycles. The van der Waals surface area contributed by atoms with Crippen LogP contribution in [0.15, 0.2) is 0 Å². The summed E-state index contributed by atoms with van der Waals surface area (Å²) < 4.78 is 0. The molecule has 0 aliphatic rings. The van der Waals surface area contributed by atoms with Gasteiger partial charge in [0.1, 0.15) is 6.10 Å². The first kappa shape index (κ1) is 10.5. The minimum atomic E-state index is -0.954. The summed E-state index contributed by atoms with van der Waals surface area (Å²) in [6, 6.07) is 0. The topological polar surface area (TPSA) is 60.7 Å². The molecule has 0 atom stereocenters. The maximum atomic E-state index is 8.17. The molecule has 0 bridgehead atoms. The summed E-state index contributed by atoms with van der Waals surface area (Å²) in [6.07, 6.45) is -0.954. The molecule has 0 rings (SSSR count). The third kappa shape index (κ3) is 6.57.